The highest BCUT2D eigenvalue weighted by atomic mass is 35.5. The third kappa shape index (κ3) is 3.49. The van der Waals surface area contributed by atoms with E-state index in [-0.39, 0.29) is 5.41 Å². The molecule has 5 atom stereocenters. The van der Waals surface area contributed by atoms with Crippen LogP contribution < -0.4 is 5.73 Å². The number of thiocarbonyl (C=S) groups is 1. The minimum Gasteiger partial charge on any atom is -0.328 e. The molecule has 0 amide bonds. The molecule has 0 aliphatic heterocycles. The van der Waals surface area contributed by atoms with Gasteiger partial charge in [-0.3, -0.25) is 4.99 Å². The Bertz CT molecular complexity index is 803. The molecule has 6 rings (SSSR count). The van der Waals surface area contributed by atoms with Crippen molar-refractivity contribution in [3.63, 3.8) is 0 Å². The van der Waals surface area contributed by atoms with E-state index >= 15 is 0 Å². The van der Waals surface area contributed by atoms with Crippen LogP contribution in [0.3, 0.4) is 0 Å². The van der Waals surface area contributed by atoms with Crippen molar-refractivity contribution >= 4 is 35.0 Å². The Hall–Kier alpha value is -0.770. The quantitative estimate of drug-likeness (QED) is 0.319. The molecular formula is C26H35ClN2S. The minimum atomic E-state index is 0.132. The van der Waals surface area contributed by atoms with Crippen LogP contribution in [0, 0.1) is 29.1 Å². The number of alkyl halides is 1. The lowest BCUT2D eigenvalue weighted by Gasteiger charge is -2.43. The SMILES string of the molecule is NC1CCC(/C=N/C(=S)C23CC4CC(c5ccccc5)(CC2C4CCCCl)C3)CC1. The van der Waals surface area contributed by atoms with E-state index < -0.39 is 0 Å². The highest BCUT2D eigenvalue weighted by Crippen LogP contribution is 2.73. The molecule has 0 radical (unpaired) electrons. The lowest BCUT2D eigenvalue weighted by molar-refractivity contribution is 0.156. The first-order valence-electron chi connectivity index (χ1n) is 12.0. The predicted molar refractivity (Wildman–Crippen MR) is 130 cm³/mol. The number of rotatable bonds is 6. The molecule has 0 spiro atoms. The van der Waals surface area contributed by atoms with Crippen molar-refractivity contribution in [2.24, 2.45) is 39.8 Å². The number of nitrogens with zero attached hydrogens (tertiary/aromatic N) is 1. The van der Waals surface area contributed by atoms with Crippen molar-refractivity contribution < 1.29 is 0 Å². The number of hydrogen-bond acceptors (Lipinski definition) is 2. The maximum atomic E-state index is 6.12. The lowest BCUT2D eigenvalue weighted by atomic mass is 9.61. The number of benzene rings is 1. The zero-order chi connectivity index (χ0) is 20.8. The molecular weight excluding hydrogens is 408 g/mol. The Morgan fingerprint density at radius 1 is 1.13 bits per heavy atom. The average molecular weight is 443 g/mol. The number of hydrogen-bond donors (Lipinski definition) is 1. The largest absolute Gasteiger partial charge is 0.328 e. The molecule has 0 heterocycles. The van der Waals surface area contributed by atoms with E-state index in [9.17, 15) is 0 Å². The zero-order valence-electron chi connectivity index (χ0n) is 17.9. The van der Waals surface area contributed by atoms with Crippen molar-refractivity contribution in [3.05, 3.63) is 35.9 Å². The van der Waals surface area contributed by atoms with Gasteiger partial charge in [0.1, 0.15) is 4.99 Å². The summed E-state index contributed by atoms with van der Waals surface area (Å²) in [5, 5.41) is 0. The van der Waals surface area contributed by atoms with Gasteiger partial charge in [-0.2, -0.15) is 0 Å². The van der Waals surface area contributed by atoms with Gasteiger partial charge >= 0.3 is 0 Å². The van der Waals surface area contributed by atoms with Crippen LogP contribution in [0.2, 0.25) is 0 Å². The first-order chi connectivity index (χ1) is 14.6. The monoisotopic (exact) mass is 442 g/mol. The molecule has 5 saturated carbocycles. The highest BCUT2D eigenvalue weighted by Gasteiger charge is 2.69. The summed E-state index contributed by atoms with van der Waals surface area (Å²) in [5.41, 5.74) is 8.06. The summed E-state index contributed by atoms with van der Waals surface area (Å²) in [5.74, 6) is 3.58. The summed E-state index contributed by atoms with van der Waals surface area (Å²) in [6.07, 6.45) is 14.2. The van der Waals surface area contributed by atoms with Gasteiger partial charge < -0.3 is 5.73 Å². The van der Waals surface area contributed by atoms with Crippen molar-refractivity contribution in [3.8, 4) is 0 Å². The van der Waals surface area contributed by atoms with Crippen molar-refractivity contribution in [2.75, 3.05) is 5.88 Å². The van der Waals surface area contributed by atoms with Gasteiger partial charge in [0.05, 0.1) is 0 Å². The summed E-state index contributed by atoms with van der Waals surface area (Å²) >= 11 is 12.2. The van der Waals surface area contributed by atoms with Crippen LogP contribution in [0.4, 0.5) is 0 Å². The minimum absolute atomic E-state index is 0.132. The summed E-state index contributed by atoms with van der Waals surface area (Å²) in [6, 6.07) is 11.6. The Labute approximate surface area is 192 Å². The van der Waals surface area contributed by atoms with Crippen LogP contribution in [0.5, 0.6) is 0 Å². The van der Waals surface area contributed by atoms with Gasteiger partial charge in [0, 0.05) is 23.6 Å². The van der Waals surface area contributed by atoms with Gasteiger partial charge in [0.2, 0.25) is 0 Å². The topological polar surface area (TPSA) is 38.4 Å². The third-order valence-electron chi connectivity index (χ3n) is 9.08. The molecule has 30 heavy (non-hydrogen) atoms. The average Bonchev–Trinajstić information content (AvgIpc) is 3.14. The Kier molecular flexibility index (Phi) is 5.83. The first-order valence-corrected chi connectivity index (χ1v) is 13.0. The van der Waals surface area contributed by atoms with Crippen LogP contribution in [0.1, 0.15) is 69.8 Å². The van der Waals surface area contributed by atoms with Gasteiger partial charge in [-0.1, -0.05) is 42.5 Å². The van der Waals surface area contributed by atoms with E-state index in [0.717, 1.165) is 42.0 Å². The summed E-state index contributed by atoms with van der Waals surface area (Å²) in [4.78, 5) is 6.03. The number of halogens is 1. The second-order valence-corrected chi connectivity index (χ2v) is 11.5. The van der Waals surface area contributed by atoms with E-state index in [1.807, 2.05) is 0 Å². The molecule has 5 unspecified atom stereocenters. The van der Waals surface area contributed by atoms with Crippen LogP contribution in [-0.4, -0.2) is 23.1 Å². The molecule has 2 N–H and O–H groups in total. The molecule has 2 nitrogen and oxygen atoms in total. The van der Waals surface area contributed by atoms with Crippen LogP contribution >= 0.6 is 23.8 Å². The van der Waals surface area contributed by atoms with Gasteiger partial charge in [-0.05, 0) is 98.9 Å². The lowest BCUT2D eigenvalue weighted by Crippen LogP contribution is -2.37. The smallest absolute Gasteiger partial charge is 0.109 e. The molecule has 5 aliphatic carbocycles. The second kappa shape index (κ2) is 8.30. The van der Waals surface area contributed by atoms with Gasteiger partial charge in [0.25, 0.3) is 0 Å². The van der Waals surface area contributed by atoms with E-state index in [2.05, 4.69) is 36.5 Å². The normalized spacial score (nSPS) is 42.3. The molecule has 1 aromatic rings. The fourth-order valence-electron chi connectivity index (χ4n) is 7.83. The standard InChI is InChI=1S/C26H35ClN2S/c27-12-4-7-22-19-13-25(20-5-2-1-3-6-20)15-23(22)26(14-19,17-25)24(30)29-16-18-8-10-21(28)11-9-18/h1-3,5-6,16,18-19,21-23H,4,7-15,17,28H2/b29-16+. The maximum absolute atomic E-state index is 6.12. The van der Waals surface area contributed by atoms with E-state index in [1.165, 1.54) is 50.5 Å². The Balaban J connectivity index is 1.41. The summed E-state index contributed by atoms with van der Waals surface area (Å²) in [7, 11) is 0. The summed E-state index contributed by atoms with van der Waals surface area (Å²) < 4.78 is 0. The predicted octanol–water partition coefficient (Wildman–Crippen LogP) is 6.30. The molecule has 4 bridgehead atoms. The molecule has 1 aromatic carbocycles. The number of nitrogens with two attached hydrogens (primary N) is 1. The van der Waals surface area contributed by atoms with Crippen molar-refractivity contribution in [1.82, 2.24) is 0 Å². The molecule has 162 valence electrons. The third-order valence-corrected chi connectivity index (χ3v) is 9.86. The van der Waals surface area contributed by atoms with E-state index in [0.29, 0.717) is 23.3 Å². The zero-order valence-corrected chi connectivity index (χ0v) is 19.5. The Morgan fingerprint density at radius 3 is 2.63 bits per heavy atom. The maximum Gasteiger partial charge on any atom is 0.109 e. The fourth-order valence-corrected chi connectivity index (χ4v) is 8.36. The van der Waals surface area contributed by atoms with Gasteiger partial charge in [-0.15, -0.1) is 11.6 Å². The van der Waals surface area contributed by atoms with Crippen LogP contribution in [0.15, 0.2) is 35.3 Å². The highest BCUT2D eigenvalue weighted by molar-refractivity contribution is 7.80. The first kappa shape index (κ1) is 21.1. The molecule has 0 saturated heterocycles. The van der Waals surface area contributed by atoms with E-state index in [1.54, 1.807) is 0 Å². The number of aliphatic imine (C=N–C) groups is 1. The molecule has 5 fully saturated rings. The molecule has 5 aliphatic rings. The van der Waals surface area contributed by atoms with Gasteiger partial charge in [-0.25, -0.2) is 0 Å². The van der Waals surface area contributed by atoms with Crippen LogP contribution in [-0.2, 0) is 5.41 Å². The van der Waals surface area contributed by atoms with E-state index in [4.69, 9.17) is 34.5 Å². The van der Waals surface area contributed by atoms with Crippen LogP contribution in [0.25, 0.3) is 0 Å². The fraction of sp³-hybridized carbons (Fsp3) is 0.692. The molecule has 0 aromatic heterocycles. The van der Waals surface area contributed by atoms with Crippen molar-refractivity contribution in [2.45, 2.75) is 75.7 Å². The van der Waals surface area contributed by atoms with Gasteiger partial charge in [0.15, 0.2) is 0 Å². The Morgan fingerprint density at radius 2 is 1.90 bits per heavy atom. The van der Waals surface area contributed by atoms with Crippen molar-refractivity contribution in [1.29, 1.82) is 0 Å². The molecule has 4 heteroatoms. The summed E-state index contributed by atoms with van der Waals surface area (Å²) in [6.45, 7) is 0. The second-order valence-electron chi connectivity index (χ2n) is 10.7.